The highest BCUT2D eigenvalue weighted by atomic mass is 16.6. The van der Waals surface area contributed by atoms with Crippen LogP contribution in [0.25, 0.3) is 10.4 Å². The first-order valence-electron chi connectivity index (χ1n) is 9.48. The Morgan fingerprint density at radius 3 is 2.90 bits per heavy atom. The van der Waals surface area contributed by atoms with Crippen molar-refractivity contribution in [3.63, 3.8) is 0 Å². The van der Waals surface area contributed by atoms with Crippen LogP contribution in [-0.4, -0.2) is 55.3 Å². The molecule has 4 atom stereocenters. The molecule has 0 radical (unpaired) electrons. The summed E-state index contributed by atoms with van der Waals surface area (Å²) in [5, 5.41) is 25.3. The van der Waals surface area contributed by atoms with Crippen LogP contribution in [0.4, 0.5) is 5.82 Å². The van der Waals surface area contributed by atoms with Crippen molar-refractivity contribution < 1.29 is 24.5 Å². The van der Waals surface area contributed by atoms with Gasteiger partial charge >= 0.3 is 11.7 Å². The SMILES string of the molecule is C#[N+][C@]1(COC(=O)CC2(C)CCC2)O[C@@H](c2ccc3c(N)ncnn23)[C@H](O)[C@@H]1O. The minimum absolute atomic E-state index is 0.0498. The number of nitrogens with zero attached hydrogens (tertiary/aromatic N) is 4. The number of hydrogen-bond acceptors (Lipinski definition) is 8. The summed E-state index contributed by atoms with van der Waals surface area (Å²) in [6, 6.07) is 3.32. The topological polar surface area (TPSA) is 137 Å². The van der Waals surface area contributed by atoms with E-state index in [-0.39, 0.29) is 17.7 Å². The molecule has 2 aliphatic rings. The predicted molar refractivity (Wildman–Crippen MR) is 102 cm³/mol. The minimum Gasteiger partial charge on any atom is -0.454 e. The van der Waals surface area contributed by atoms with Crippen LogP contribution in [-0.2, 0) is 14.3 Å². The van der Waals surface area contributed by atoms with Crippen LogP contribution in [0.3, 0.4) is 0 Å². The molecule has 1 aliphatic carbocycles. The van der Waals surface area contributed by atoms with Gasteiger partial charge in [-0.2, -0.15) is 5.10 Å². The quantitative estimate of drug-likeness (QED) is 0.627. The van der Waals surface area contributed by atoms with Crippen LogP contribution in [0, 0.1) is 12.0 Å². The van der Waals surface area contributed by atoms with E-state index < -0.39 is 36.6 Å². The van der Waals surface area contributed by atoms with E-state index >= 15 is 0 Å². The zero-order valence-electron chi connectivity index (χ0n) is 16.1. The van der Waals surface area contributed by atoms with Crippen molar-refractivity contribution >= 4 is 17.3 Å². The number of anilines is 1. The third-order valence-electron chi connectivity index (χ3n) is 6.02. The van der Waals surface area contributed by atoms with Gasteiger partial charge in [-0.1, -0.05) is 13.3 Å². The Kier molecular flexibility index (Phi) is 4.69. The second kappa shape index (κ2) is 6.95. The van der Waals surface area contributed by atoms with E-state index in [9.17, 15) is 15.0 Å². The Bertz CT molecular complexity index is 981. The summed E-state index contributed by atoms with van der Waals surface area (Å²) < 4.78 is 12.6. The van der Waals surface area contributed by atoms with E-state index in [2.05, 4.69) is 14.9 Å². The Balaban J connectivity index is 1.53. The Morgan fingerprint density at radius 1 is 1.48 bits per heavy atom. The van der Waals surface area contributed by atoms with Crippen molar-refractivity contribution in [2.75, 3.05) is 12.3 Å². The molecule has 0 amide bonds. The number of aliphatic hydroxyl groups excluding tert-OH is 2. The highest BCUT2D eigenvalue weighted by Crippen LogP contribution is 2.44. The number of esters is 1. The monoisotopic (exact) mass is 402 g/mol. The number of nitrogens with two attached hydrogens (primary N) is 1. The summed E-state index contributed by atoms with van der Waals surface area (Å²) in [5.74, 6) is -0.162. The fourth-order valence-corrected chi connectivity index (χ4v) is 4.02. The van der Waals surface area contributed by atoms with Gasteiger partial charge in [-0.3, -0.25) is 9.53 Å². The summed E-state index contributed by atoms with van der Waals surface area (Å²) in [6.07, 6.45) is 0.690. The number of aromatic nitrogens is 3. The second-order valence-corrected chi connectivity index (χ2v) is 8.15. The zero-order chi connectivity index (χ0) is 20.8. The van der Waals surface area contributed by atoms with Crippen molar-refractivity contribution in [3.8, 4) is 6.57 Å². The first-order chi connectivity index (χ1) is 13.8. The fraction of sp³-hybridized carbons (Fsp3) is 0.579. The third kappa shape index (κ3) is 3.21. The van der Waals surface area contributed by atoms with Crippen LogP contribution in [0.15, 0.2) is 18.5 Å². The molecule has 1 saturated heterocycles. The number of hydrogen-bond donors (Lipinski definition) is 3. The lowest BCUT2D eigenvalue weighted by Crippen LogP contribution is -2.45. The van der Waals surface area contributed by atoms with Gasteiger partial charge in [-0.25, -0.2) is 9.50 Å². The maximum Gasteiger partial charge on any atom is 0.447 e. The summed E-state index contributed by atoms with van der Waals surface area (Å²) in [7, 11) is 0. The molecule has 0 spiro atoms. The van der Waals surface area contributed by atoms with Gasteiger partial charge in [0.05, 0.1) is 12.1 Å². The highest BCUT2D eigenvalue weighted by Gasteiger charge is 2.65. The lowest BCUT2D eigenvalue weighted by Gasteiger charge is -2.37. The van der Waals surface area contributed by atoms with E-state index in [0.29, 0.717) is 11.2 Å². The molecule has 1 aliphatic heterocycles. The normalized spacial score (nSPS) is 30.6. The number of carbonyl (C=O) groups is 1. The van der Waals surface area contributed by atoms with E-state index in [1.54, 1.807) is 12.1 Å². The van der Waals surface area contributed by atoms with Crippen LogP contribution in [0.2, 0.25) is 0 Å². The fourth-order valence-electron chi connectivity index (χ4n) is 4.02. The Labute approximate surface area is 167 Å². The summed E-state index contributed by atoms with van der Waals surface area (Å²) in [6.45, 7) is 7.14. The molecule has 29 heavy (non-hydrogen) atoms. The molecule has 0 unspecified atom stereocenters. The molecule has 3 heterocycles. The summed E-state index contributed by atoms with van der Waals surface area (Å²) >= 11 is 0. The molecule has 2 fully saturated rings. The molecular formula is C19H24N5O5+. The van der Waals surface area contributed by atoms with Gasteiger partial charge in [0.25, 0.3) is 6.57 Å². The summed E-state index contributed by atoms with van der Waals surface area (Å²) in [4.78, 5) is 19.8. The minimum atomic E-state index is -1.79. The molecule has 154 valence electrons. The maximum absolute atomic E-state index is 12.2. The maximum atomic E-state index is 12.2. The van der Waals surface area contributed by atoms with Gasteiger partial charge in [0.2, 0.25) is 6.61 Å². The number of rotatable bonds is 5. The van der Waals surface area contributed by atoms with Crippen LogP contribution in [0.1, 0.15) is 44.4 Å². The smallest absolute Gasteiger partial charge is 0.447 e. The second-order valence-electron chi connectivity index (χ2n) is 8.15. The van der Waals surface area contributed by atoms with Crippen molar-refractivity contribution in [2.24, 2.45) is 5.41 Å². The van der Waals surface area contributed by atoms with E-state index in [4.69, 9.17) is 21.8 Å². The number of aliphatic hydroxyl groups is 2. The Hall–Kier alpha value is -2.74. The third-order valence-corrected chi connectivity index (χ3v) is 6.02. The average molecular weight is 402 g/mol. The van der Waals surface area contributed by atoms with Crippen molar-refractivity contribution in [3.05, 3.63) is 29.0 Å². The molecule has 2 aromatic heterocycles. The van der Waals surface area contributed by atoms with E-state index in [0.717, 1.165) is 19.3 Å². The van der Waals surface area contributed by atoms with Gasteiger partial charge in [0.15, 0.2) is 11.9 Å². The van der Waals surface area contributed by atoms with Gasteiger partial charge < -0.3 is 20.7 Å². The Morgan fingerprint density at radius 2 is 2.24 bits per heavy atom. The standard InChI is InChI=1S/C19H24N5O5/c1-18(6-3-7-18)8-13(25)28-9-19(21-2)16(27)14(26)15(29-19)11-4-5-12-17(20)22-10-23-24(11)12/h2,4-5,10,14-16,26-27H,3,6-9H2,1H3,(H2,20,22,23)/q+1/t14-,15-,16-,19+/m0/s1. The highest BCUT2D eigenvalue weighted by molar-refractivity contribution is 5.70. The number of nitrogen functional groups attached to an aromatic ring is 1. The van der Waals surface area contributed by atoms with Gasteiger partial charge in [0, 0.05) is 0 Å². The molecule has 0 bridgehead atoms. The molecule has 4 N–H and O–H groups in total. The molecule has 0 aromatic carbocycles. The largest absolute Gasteiger partial charge is 0.454 e. The van der Waals surface area contributed by atoms with Crippen molar-refractivity contribution in [1.29, 1.82) is 0 Å². The molecule has 10 nitrogen and oxygen atoms in total. The average Bonchev–Trinajstić information content (AvgIpc) is 3.21. The van der Waals surface area contributed by atoms with E-state index in [1.807, 2.05) is 6.92 Å². The molecular weight excluding hydrogens is 378 g/mol. The van der Waals surface area contributed by atoms with Gasteiger partial charge in [-0.15, -0.1) is 0 Å². The van der Waals surface area contributed by atoms with Crippen LogP contribution >= 0.6 is 0 Å². The number of fused-ring (bicyclic) bond motifs is 1. The van der Waals surface area contributed by atoms with Gasteiger partial charge in [-0.05, 0) is 35.2 Å². The van der Waals surface area contributed by atoms with Crippen LogP contribution in [0.5, 0.6) is 0 Å². The van der Waals surface area contributed by atoms with Crippen molar-refractivity contribution in [2.45, 2.75) is 56.6 Å². The van der Waals surface area contributed by atoms with Crippen LogP contribution < -0.4 is 5.73 Å². The number of carbonyl (C=O) groups excluding carboxylic acids is 1. The molecule has 10 heteroatoms. The van der Waals surface area contributed by atoms with Gasteiger partial charge in [0.1, 0.15) is 24.1 Å². The lowest BCUT2D eigenvalue weighted by atomic mass is 9.68. The summed E-state index contributed by atoms with van der Waals surface area (Å²) in [5.41, 5.74) is 4.95. The first kappa shape index (κ1) is 19.6. The van der Waals surface area contributed by atoms with Crippen molar-refractivity contribution in [1.82, 2.24) is 14.6 Å². The number of ether oxygens (including phenoxy) is 2. The molecule has 2 aromatic rings. The predicted octanol–water partition coefficient (Wildman–Crippen LogP) is 0.887. The molecule has 4 rings (SSSR count). The lowest BCUT2D eigenvalue weighted by molar-refractivity contribution is -0.159. The first-order valence-corrected chi connectivity index (χ1v) is 9.48. The zero-order valence-corrected chi connectivity index (χ0v) is 16.1. The molecule has 1 saturated carbocycles. The van der Waals surface area contributed by atoms with E-state index in [1.165, 1.54) is 10.8 Å².